The lowest BCUT2D eigenvalue weighted by Gasteiger charge is -2.37. The summed E-state index contributed by atoms with van der Waals surface area (Å²) in [6.45, 7) is 26.5. The van der Waals surface area contributed by atoms with Crippen LogP contribution in [0.2, 0.25) is 0 Å². The molecule has 2 aliphatic rings. The molecule has 0 saturated carbocycles. The predicted molar refractivity (Wildman–Crippen MR) is 145 cm³/mol. The van der Waals surface area contributed by atoms with Crippen LogP contribution in [0.3, 0.4) is 0 Å². The molecule has 2 fully saturated rings. The zero-order chi connectivity index (χ0) is 26.3. The van der Waals surface area contributed by atoms with Crippen molar-refractivity contribution in [2.45, 2.75) is 53.9 Å². The van der Waals surface area contributed by atoms with E-state index in [4.69, 9.17) is 4.74 Å². The van der Waals surface area contributed by atoms with Gasteiger partial charge in [-0.05, 0) is 25.3 Å². The molecule has 1 aromatic carbocycles. The molecule has 3 rings (SSSR count). The molecule has 2 saturated heterocycles. The summed E-state index contributed by atoms with van der Waals surface area (Å²) in [5.74, 6) is -1.88. The highest BCUT2D eigenvalue weighted by Crippen LogP contribution is 2.26. The van der Waals surface area contributed by atoms with Crippen molar-refractivity contribution in [3.63, 3.8) is 0 Å². The van der Waals surface area contributed by atoms with Crippen molar-refractivity contribution in [1.29, 1.82) is 0 Å². The SMILES string of the molecule is C=C(/C=C\CC)N1CCN(CCN2CCOCC2)CC1.CC(C)C.Cc1ccc(C(C)(F)F)cc1. The maximum atomic E-state index is 12.6. The Bertz CT molecular complexity index is 712. The third-order valence-corrected chi connectivity index (χ3v) is 5.72. The summed E-state index contributed by atoms with van der Waals surface area (Å²) >= 11 is 0. The third-order valence-electron chi connectivity index (χ3n) is 5.72. The van der Waals surface area contributed by atoms with E-state index >= 15 is 0 Å². The molecular formula is C29H49F2N3O. The van der Waals surface area contributed by atoms with Crippen molar-refractivity contribution in [3.8, 4) is 0 Å². The molecule has 2 heterocycles. The molecule has 0 aromatic heterocycles. The van der Waals surface area contributed by atoms with Crippen LogP contribution in [0.4, 0.5) is 8.78 Å². The van der Waals surface area contributed by atoms with Crippen molar-refractivity contribution in [3.05, 3.63) is 59.8 Å². The van der Waals surface area contributed by atoms with E-state index < -0.39 is 5.92 Å². The van der Waals surface area contributed by atoms with Crippen LogP contribution in [0.5, 0.6) is 0 Å². The molecule has 0 N–H and O–H groups in total. The van der Waals surface area contributed by atoms with Gasteiger partial charge >= 0.3 is 0 Å². The van der Waals surface area contributed by atoms with Crippen LogP contribution in [-0.2, 0) is 10.7 Å². The number of piperazine rings is 1. The summed E-state index contributed by atoms with van der Waals surface area (Å²) < 4.78 is 30.6. The number of benzene rings is 1. The van der Waals surface area contributed by atoms with Crippen molar-refractivity contribution < 1.29 is 13.5 Å². The average molecular weight is 494 g/mol. The molecule has 35 heavy (non-hydrogen) atoms. The van der Waals surface area contributed by atoms with Crippen LogP contribution < -0.4 is 0 Å². The smallest absolute Gasteiger partial charge is 0.270 e. The first kappa shape index (κ1) is 31.3. The number of hydrogen-bond donors (Lipinski definition) is 0. The summed E-state index contributed by atoms with van der Waals surface area (Å²) in [6, 6.07) is 6.28. The van der Waals surface area contributed by atoms with Crippen LogP contribution in [0.15, 0.2) is 48.7 Å². The second-order valence-electron chi connectivity index (χ2n) is 10.1. The number of morpholine rings is 1. The van der Waals surface area contributed by atoms with Gasteiger partial charge in [0.15, 0.2) is 0 Å². The maximum absolute atomic E-state index is 12.6. The Kier molecular flexibility index (Phi) is 15.0. The predicted octanol–water partition coefficient (Wildman–Crippen LogP) is 6.19. The molecule has 2 aliphatic heterocycles. The molecular weight excluding hydrogens is 444 g/mol. The minimum Gasteiger partial charge on any atom is -0.379 e. The molecule has 0 unspecified atom stereocenters. The van der Waals surface area contributed by atoms with Crippen molar-refractivity contribution in [2.24, 2.45) is 5.92 Å². The number of aryl methyl sites for hydroxylation is 1. The van der Waals surface area contributed by atoms with Crippen LogP contribution >= 0.6 is 0 Å². The Morgan fingerprint density at radius 1 is 0.971 bits per heavy atom. The van der Waals surface area contributed by atoms with Gasteiger partial charge in [-0.25, -0.2) is 8.78 Å². The molecule has 0 spiro atoms. The fraction of sp³-hybridized carbons (Fsp3) is 0.655. The first-order chi connectivity index (χ1) is 16.5. The quantitative estimate of drug-likeness (QED) is 0.422. The summed E-state index contributed by atoms with van der Waals surface area (Å²) in [4.78, 5) is 7.49. The molecule has 4 nitrogen and oxygen atoms in total. The zero-order valence-electron chi connectivity index (χ0n) is 23.0. The lowest BCUT2D eigenvalue weighted by molar-refractivity contribution is 0.0174. The first-order valence-corrected chi connectivity index (χ1v) is 13.1. The molecule has 0 bridgehead atoms. The van der Waals surface area contributed by atoms with Crippen molar-refractivity contribution >= 4 is 0 Å². The van der Waals surface area contributed by atoms with E-state index in [-0.39, 0.29) is 5.56 Å². The Morgan fingerprint density at radius 2 is 1.46 bits per heavy atom. The number of nitrogens with zero attached hydrogens (tertiary/aromatic N) is 3. The topological polar surface area (TPSA) is 19.0 Å². The highest BCUT2D eigenvalue weighted by Gasteiger charge is 2.23. The summed E-state index contributed by atoms with van der Waals surface area (Å²) in [7, 11) is 0. The van der Waals surface area contributed by atoms with Crippen LogP contribution in [-0.4, -0.2) is 80.3 Å². The first-order valence-electron chi connectivity index (χ1n) is 13.1. The summed E-state index contributed by atoms with van der Waals surface area (Å²) in [5.41, 5.74) is 2.24. The minimum absolute atomic E-state index is 0.0723. The second-order valence-corrected chi connectivity index (χ2v) is 10.1. The van der Waals surface area contributed by atoms with E-state index in [1.165, 1.54) is 30.9 Å². The van der Waals surface area contributed by atoms with Gasteiger partial charge in [-0.3, -0.25) is 9.80 Å². The van der Waals surface area contributed by atoms with Gasteiger partial charge in [0, 0.05) is 70.5 Å². The molecule has 1 aromatic rings. The van der Waals surface area contributed by atoms with E-state index in [1.807, 2.05) is 6.92 Å². The van der Waals surface area contributed by atoms with Crippen molar-refractivity contribution in [1.82, 2.24) is 14.7 Å². The minimum atomic E-state index is -2.71. The molecule has 0 atom stereocenters. The van der Waals surface area contributed by atoms with E-state index in [0.717, 1.165) is 77.3 Å². The lowest BCUT2D eigenvalue weighted by Crippen LogP contribution is -2.48. The molecule has 0 aliphatic carbocycles. The van der Waals surface area contributed by atoms with Crippen molar-refractivity contribution in [2.75, 3.05) is 65.6 Å². The fourth-order valence-corrected chi connectivity index (χ4v) is 3.57. The van der Waals surface area contributed by atoms with Crippen LogP contribution in [0.25, 0.3) is 0 Å². The molecule has 0 amide bonds. The van der Waals surface area contributed by atoms with Gasteiger partial charge in [0.1, 0.15) is 0 Å². The number of halogens is 2. The van der Waals surface area contributed by atoms with Gasteiger partial charge in [-0.1, -0.05) is 70.2 Å². The Balaban J connectivity index is 0.000000342. The number of hydrogen-bond acceptors (Lipinski definition) is 4. The van der Waals surface area contributed by atoms with Gasteiger partial charge in [-0.2, -0.15) is 0 Å². The number of allylic oxidation sites excluding steroid dienone is 2. The molecule has 200 valence electrons. The van der Waals surface area contributed by atoms with Gasteiger partial charge < -0.3 is 9.64 Å². The van der Waals surface area contributed by atoms with Crippen LogP contribution in [0.1, 0.15) is 52.2 Å². The lowest BCUT2D eigenvalue weighted by atomic mass is 10.1. The normalized spacial score (nSPS) is 17.6. The monoisotopic (exact) mass is 493 g/mol. The average Bonchev–Trinajstić information content (AvgIpc) is 2.82. The van der Waals surface area contributed by atoms with Gasteiger partial charge in [0.25, 0.3) is 5.92 Å². The fourth-order valence-electron chi connectivity index (χ4n) is 3.57. The van der Waals surface area contributed by atoms with Gasteiger partial charge in [0.2, 0.25) is 0 Å². The highest BCUT2D eigenvalue weighted by atomic mass is 19.3. The summed E-state index contributed by atoms with van der Waals surface area (Å²) in [5, 5.41) is 0. The highest BCUT2D eigenvalue weighted by molar-refractivity contribution is 5.24. The van der Waals surface area contributed by atoms with Crippen LogP contribution in [0, 0.1) is 12.8 Å². The van der Waals surface area contributed by atoms with Gasteiger partial charge in [0.05, 0.1) is 13.2 Å². The number of ether oxygens (including phenoxy) is 1. The Labute approximate surface area is 213 Å². The molecule has 6 heteroatoms. The largest absolute Gasteiger partial charge is 0.379 e. The van der Waals surface area contributed by atoms with E-state index in [2.05, 4.69) is 61.1 Å². The second kappa shape index (κ2) is 16.8. The van der Waals surface area contributed by atoms with E-state index in [1.54, 1.807) is 12.1 Å². The van der Waals surface area contributed by atoms with E-state index in [0.29, 0.717) is 0 Å². The number of alkyl halides is 2. The van der Waals surface area contributed by atoms with Gasteiger partial charge in [-0.15, -0.1) is 0 Å². The molecule has 0 radical (unpaired) electrons. The Hall–Kier alpha value is -1.76. The van der Waals surface area contributed by atoms with E-state index in [9.17, 15) is 8.78 Å². The summed E-state index contributed by atoms with van der Waals surface area (Å²) in [6.07, 6.45) is 5.43. The standard InChI is InChI=1S/C16H29N3O.C9H10F2.C4H10/c1-3-4-5-16(2)19-10-8-17(9-11-19)6-7-18-12-14-20-15-13-18;1-7-3-5-8(6-4-7)9(2,10)11;1-4(2)3/h4-5H,2-3,6-15H2,1H3;3-6H,1-2H3;4H,1-3H3/b5-4-;;. The zero-order valence-corrected chi connectivity index (χ0v) is 23.0. The maximum Gasteiger partial charge on any atom is 0.270 e. The Morgan fingerprint density at radius 3 is 1.91 bits per heavy atom. The third kappa shape index (κ3) is 14.4. The number of rotatable bonds is 7.